The molecule has 0 aliphatic heterocycles. The Morgan fingerprint density at radius 3 is 2.54 bits per heavy atom. The molecule has 3 N–H and O–H groups in total. The van der Waals surface area contributed by atoms with E-state index in [1.165, 1.54) is 18.2 Å². The summed E-state index contributed by atoms with van der Waals surface area (Å²) in [6.07, 6.45) is 0. The van der Waals surface area contributed by atoms with Gasteiger partial charge in [-0.3, -0.25) is 0 Å². The van der Waals surface area contributed by atoms with Crippen LogP contribution in [0.2, 0.25) is 0 Å². The van der Waals surface area contributed by atoms with Crippen LogP contribution in [0.15, 0.2) is 18.2 Å². The number of hydrogen-bond acceptors (Lipinski definition) is 2. The van der Waals surface area contributed by atoms with Crippen LogP contribution in [0.1, 0.15) is 18.1 Å². The maximum atomic E-state index is 12.8. The number of phenolic OH excluding ortho intramolecular Hbond substituents is 1. The van der Waals surface area contributed by atoms with Gasteiger partial charge >= 0.3 is 0 Å². The largest absolute Gasteiger partial charge is 0.507 e. The number of aromatic hydroxyl groups is 1. The molecule has 0 aromatic heterocycles. The van der Waals surface area contributed by atoms with E-state index in [0.717, 1.165) is 6.92 Å². The van der Waals surface area contributed by atoms with Gasteiger partial charge in [-0.05, 0) is 6.07 Å². The summed E-state index contributed by atoms with van der Waals surface area (Å²) in [4.78, 5) is 0. The van der Waals surface area contributed by atoms with E-state index < -0.39 is 11.7 Å². The molecule has 0 spiro atoms. The highest BCUT2D eigenvalue weighted by molar-refractivity contribution is 5.42. The molecule has 4 heteroatoms. The third-order valence-electron chi connectivity index (χ3n) is 1.81. The van der Waals surface area contributed by atoms with Gasteiger partial charge in [-0.25, -0.2) is 8.78 Å². The van der Waals surface area contributed by atoms with E-state index in [-0.39, 0.29) is 12.1 Å². The van der Waals surface area contributed by atoms with Crippen molar-refractivity contribution < 1.29 is 13.9 Å². The van der Waals surface area contributed by atoms with Crippen LogP contribution in [0.5, 0.6) is 5.75 Å². The normalized spacial score (nSPS) is 11.7. The van der Waals surface area contributed by atoms with Gasteiger partial charge in [0.05, 0.1) is 5.56 Å². The number of halogens is 2. The van der Waals surface area contributed by atoms with Crippen molar-refractivity contribution >= 4 is 0 Å². The molecule has 0 saturated carbocycles. The summed E-state index contributed by atoms with van der Waals surface area (Å²) in [5, 5.41) is 9.36. The van der Waals surface area contributed by atoms with Gasteiger partial charge in [0.15, 0.2) is 0 Å². The predicted octanol–water partition coefficient (Wildman–Crippen LogP) is 1.96. The molecule has 0 aliphatic carbocycles. The first-order valence-electron chi connectivity index (χ1n) is 3.86. The van der Waals surface area contributed by atoms with Crippen molar-refractivity contribution in [3.05, 3.63) is 29.3 Å². The Labute approximate surface area is 75.0 Å². The van der Waals surface area contributed by atoms with E-state index in [1.54, 1.807) is 0 Å². The Bertz CT molecular complexity index is 307. The number of hydrogen-bond donors (Lipinski definition) is 2. The minimum absolute atomic E-state index is 0.0513. The average molecular weight is 187 g/mol. The second kappa shape index (κ2) is 3.30. The summed E-state index contributed by atoms with van der Waals surface area (Å²) in [6, 6.07) is 4.16. The fraction of sp³-hybridized carbons (Fsp3) is 0.333. The number of alkyl halides is 2. The summed E-state index contributed by atoms with van der Waals surface area (Å²) in [5.41, 5.74) is 5.21. The molecule has 0 saturated heterocycles. The lowest BCUT2D eigenvalue weighted by atomic mass is 10.0. The number of para-hydroxylation sites is 1. The Balaban J connectivity index is 3.24. The van der Waals surface area contributed by atoms with E-state index in [4.69, 9.17) is 5.73 Å². The van der Waals surface area contributed by atoms with Crippen LogP contribution >= 0.6 is 0 Å². The van der Waals surface area contributed by atoms with E-state index in [1.807, 2.05) is 0 Å². The fourth-order valence-corrected chi connectivity index (χ4v) is 1.11. The van der Waals surface area contributed by atoms with Crippen LogP contribution in [-0.2, 0) is 12.5 Å². The highest BCUT2D eigenvalue weighted by Crippen LogP contribution is 2.35. The molecule has 1 rings (SSSR count). The molecule has 0 unspecified atom stereocenters. The van der Waals surface area contributed by atoms with E-state index in [9.17, 15) is 13.9 Å². The Morgan fingerprint density at radius 1 is 1.46 bits per heavy atom. The zero-order valence-electron chi connectivity index (χ0n) is 7.22. The Hall–Kier alpha value is -1.16. The summed E-state index contributed by atoms with van der Waals surface area (Å²) < 4.78 is 25.7. The predicted molar refractivity (Wildman–Crippen MR) is 45.6 cm³/mol. The molecule has 0 amide bonds. The third kappa shape index (κ3) is 1.95. The van der Waals surface area contributed by atoms with Crippen LogP contribution in [-0.4, -0.2) is 5.11 Å². The first-order valence-corrected chi connectivity index (χ1v) is 3.86. The van der Waals surface area contributed by atoms with Crippen molar-refractivity contribution in [2.75, 3.05) is 0 Å². The molecule has 1 aromatic rings. The summed E-state index contributed by atoms with van der Waals surface area (Å²) in [6.45, 7) is 0.790. The highest BCUT2D eigenvalue weighted by Gasteiger charge is 2.28. The molecule has 13 heavy (non-hydrogen) atoms. The summed E-state index contributed by atoms with van der Waals surface area (Å²) >= 11 is 0. The molecule has 0 heterocycles. The van der Waals surface area contributed by atoms with Crippen molar-refractivity contribution in [2.24, 2.45) is 5.73 Å². The van der Waals surface area contributed by atoms with Gasteiger partial charge < -0.3 is 10.8 Å². The molecule has 0 bridgehead atoms. The smallest absolute Gasteiger partial charge is 0.274 e. The minimum atomic E-state index is -3.03. The summed E-state index contributed by atoms with van der Waals surface area (Å²) in [5.74, 6) is -3.44. The van der Waals surface area contributed by atoms with Crippen molar-refractivity contribution in [3.63, 3.8) is 0 Å². The molecule has 72 valence electrons. The van der Waals surface area contributed by atoms with E-state index in [0.29, 0.717) is 5.56 Å². The van der Waals surface area contributed by atoms with Crippen molar-refractivity contribution in [1.29, 1.82) is 0 Å². The molecular formula is C9H11F2NO. The molecule has 0 radical (unpaired) electrons. The van der Waals surface area contributed by atoms with Crippen LogP contribution < -0.4 is 5.73 Å². The van der Waals surface area contributed by atoms with Gasteiger partial charge in [0, 0.05) is 19.0 Å². The van der Waals surface area contributed by atoms with Crippen LogP contribution in [0.25, 0.3) is 0 Å². The van der Waals surface area contributed by atoms with Crippen LogP contribution in [0, 0.1) is 0 Å². The zero-order valence-corrected chi connectivity index (χ0v) is 7.22. The van der Waals surface area contributed by atoms with Crippen molar-refractivity contribution in [1.82, 2.24) is 0 Å². The van der Waals surface area contributed by atoms with Gasteiger partial charge in [-0.1, -0.05) is 12.1 Å². The molecule has 1 aromatic carbocycles. The minimum Gasteiger partial charge on any atom is -0.507 e. The van der Waals surface area contributed by atoms with E-state index >= 15 is 0 Å². The van der Waals surface area contributed by atoms with Gasteiger partial charge in [-0.15, -0.1) is 0 Å². The van der Waals surface area contributed by atoms with Crippen molar-refractivity contribution in [3.8, 4) is 5.75 Å². The first kappa shape index (κ1) is 9.92. The van der Waals surface area contributed by atoms with Crippen LogP contribution in [0.3, 0.4) is 0 Å². The number of phenols is 1. The lowest BCUT2D eigenvalue weighted by Crippen LogP contribution is -2.09. The third-order valence-corrected chi connectivity index (χ3v) is 1.81. The molecule has 0 fully saturated rings. The Morgan fingerprint density at radius 2 is 2.08 bits per heavy atom. The lowest BCUT2D eigenvalue weighted by Gasteiger charge is -2.14. The lowest BCUT2D eigenvalue weighted by molar-refractivity contribution is 0.0150. The topological polar surface area (TPSA) is 46.2 Å². The zero-order chi connectivity index (χ0) is 10.1. The van der Waals surface area contributed by atoms with Gasteiger partial charge in [0.25, 0.3) is 5.92 Å². The van der Waals surface area contributed by atoms with Gasteiger partial charge in [0.1, 0.15) is 5.75 Å². The first-order chi connectivity index (χ1) is 5.96. The monoisotopic (exact) mass is 187 g/mol. The van der Waals surface area contributed by atoms with E-state index in [2.05, 4.69) is 0 Å². The van der Waals surface area contributed by atoms with Gasteiger partial charge in [-0.2, -0.15) is 0 Å². The molecule has 2 nitrogen and oxygen atoms in total. The molecular weight excluding hydrogens is 176 g/mol. The number of rotatable bonds is 2. The standard InChI is InChI=1S/C9H11F2NO/c1-9(10,11)7-4-2-3-6(5-12)8(7)13/h2-4,13H,5,12H2,1H3. The quantitative estimate of drug-likeness (QED) is 0.743. The Kier molecular flexibility index (Phi) is 2.52. The molecule has 0 atom stereocenters. The second-order valence-corrected chi connectivity index (χ2v) is 2.91. The maximum Gasteiger partial charge on any atom is 0.274 e. The fourth-order valence-electron chi connectivity index (χ4n) is 1.11. The average Bonchev–Trinajstić information content (AvgIpc) is 2.02. The van der Waals surface area contributed by atoms with Crippen LogP contribution in [0.4, 0.5) is 8.78 Å². The maximum absolute atomic E-state index is 12.8. The summed E-state index contributed by atoms with van der Waals surface area (Å²) in [7, 11) is 0. The number of benzene rings is 1. The van der Waals surface area contributed by atoms with Gasteiger partial charge in [0.2, 0.25) is 0 Å². The molecule has 0 aliphatic rings. The SMILES string of the molecule is CC(F)(F)c1cccc(CN)c1O. The second-order valence-electron chi connectivity index (χ2n) is 2.91. The highest BCUT2D eigenvalue weighted by atomic mass is 19.3. The van der Waals surface area contributed by atoms with Crippen molar-refractivity contribution in [2.45, 2.75) is 19.4 Å². The number of nitrogens with two attached hydrogens (primary N) is 1.